The molecule has 33 heavy (non-hydrogen) atoms. The number of aromatic nitrogens is 3. The number of nitrogens with zero attached hydrogens (tertiary/aromatic N) is 3. The molecule has 0 aromatic heterocycles. The first kappa shape index (κ1) is 20.5. The van der Waals surface area contributed by atoms with Gasteiger partial charge in [0.1, 0.15) is 5.69 Å². The lowest BCUT2D eigenvalue weighted by molar-refractivity contribution is 0.679. The largest absolute Gasteiger partial charge is 0.371 e. The molecule has 0 amide bonds. The summed E-state index contributed by atoms with van der Waals surface area (Å²) in [4.78, 5) is 19.0. The fourth-order valence-corrected chi connectivity index (χ4v) is 4.74. The number of halogens is 1. The van der Waals surface area contributed by atoms with E-state index in [0.717, 1.165) is 28.7 Å². The van der Waals surface area contributed by atoms with Crippen molar-refractivity contribution >= 4 is 17.3 Å². The molecule has 6 rings (SSSR count). The summed E-state index contributed by atoms with van der Waals surface area (Å²) in [6.45, 7) is 4.37. The van der Waals surface area contributed by atoms with E-state index >= 15 is 0 Å². The molecule has 0 bridgehead atoms. The topological polar surface area (TPSA) is 53.9 Å². The first-order valence-corrected chi connectivity index (χ1v) is 12.2. The monoisotopic (exact) mass is 458 g/mol. The average molecular weight is 459 g/mol. The minimum Gasteiger partial charge on any atom is -0.371 e. The second-order valence-electron chi connectivity index (χ2n) is 9.58. The Labute approximate surface area is 198 Å². The molecule has 2 aromatic rings. The molecule has 0 radical (unpaired) electrons. The van der Waals surface area contributed by atoms with Gasteiger partial charge in [-0.2, -0.15) is 9.78 Å². The van der Waals surface area contributed by atoms with Crippen molar-refractivity contribution in [3.05, 3.63) is 75.8 Å². The molecule has 1 N–H and O–H groups in total. The number of hydrogen-bond acceptors (Lipinski definition) is 3. The van der Waals surface area contributed by atoms with Crippen LogP contribution in [0.25, 0.3) is 28.1 Å². The molecular weight excluding hydrogens is 432 g/mol. The number of fused-ring (bicyclic) bond motifs is 1. The Kier molecular flexibility index (Phi) is 5.02. The highest BCUT2D eigenvalue weighted by Crippen LogP contribution is 2.37. The van der Waals surface area contributed by atoms with E-state index in [0.29, 0.717) is 22.0 Å². The quantitative estimate of drug-likeness (QED) is 0.374. The maximum Gasteiger partial charge on any atom is 0.282 e. The van der Waals surface area contributed by atoms with E-state index in [2.05, 4.69) is 34.1 Å². The van der Waals surface area contributed by atoms with Gasteiger partial charge in [-0.05, 0) is 86.4 Å². The van der Waals surface area contributed by atoms with Gasteiger partial charge in [-0.15, -0.1) is 0 Å². The number of rotatable bonds is 7. The van der Waals surface area contributed by atoms with E-state index in [1.807, 2.05) is 19.1 Å². The molecule has 2 aromatic carbocycles. The van der Waals surface area contributed by atoms with Gasteiger partial charge >= 0.3 is 0 Å². The smallest absolute Gasteiger partial charge is 0.282 e. The summed E-state index contributed by atoms with van der Waals surface area (Å²) >= 11 is 6.02. The molecule has 2 saturated carbocycles. The lowest BCUT2D eigenvalue weighted by Gasteiger charge is -2.25. The van der Waals surface area contributed by atoms with Crippen LogP contribution in [0, 0.1) is 18.8 Å². The summed E-state index contributed by atoms with van der Waals surface area (Å²) in [5.41, 5.74) is 6.19. The highest BCUT2D eigenvalue weighted by molar-refractivity contribution is 6.30. The highest BCUT2D eigenvalue weighted by Gasteiger charge is 2.29. The lowest BCUT2D eigenvalue weighted by atomic mass is 9.98. The van der Waals surface area contributed by atoms with Gasteiger partial charge in [-0.25, -0.2) is 0 Å². The zero-order valence-electron chi connectivity index (χ0n) is 18.7. The van der Waals surface area contributed by atoms with Crippen molar-refractivity contribution in [2.24, 2.45) is 11.8 Å². The number of benzene rings is 2. The normalized spacial score (nSPS) is 15.8. The number of H-pyrrole nitrogens is 1. The molecule has 0 atom stereocenters. The number of anilines is 1. The van der Waals surface area contributed by atoms with Crippen LogP contribution < -0.4 is 10.5 Å². The minimum atomic E-state index is -0.138. The molecule has 4 aliphatic rings. The van der Waals surface area contributed by atoms with Gasteiger partial charge in [0.15, 0.2) is 0 Å². The van der Waals surface area contributed by atoms with Crippen molar-refractivity contribution in [2.75, 3.05) is 18.0 Å². The van der Waals surface area contributed by atoms with Gasteiger partial charge in [0.2, 0.25) is 0 Å². The van der Waals surface area contributed by atoms with Gasteiger partial charge in [-0.3, -0.25) is 4.79 Å². The highest BCUT2D eigenvalue weighted by atomic mass is 35.5. The fourth-order valence-electron chi connectivity index (χ4n) is 4.62. The predicted octanol–water partition coefficient (Wildman–Crippen LogP) is 5.92. The Morgan fingerprint density at radius 1 is 1.00 bits per heavy atom. The minimum absolute atomic E-state index is 0.138. The molecule has 0 saturated heterocycles. The van der Waals surface area contributed by atoms with Crippen LogP contribution in [0.15, 0.2) is 59.5 Å². The van der Waals surface area contributed by atoms with Crippen molar-refractivity contribution in [3.8, 4) is 28.1 Å². The number of hydrogen-bond donors (Lipinski definition) is 1. The fraction of sp³-hybridized carbons (Fsp3) is 0.333. The number of pyridine rings is 1. The molecular formula is C27H27ClN4O. The first-order chi connectivity index (χ1) is 16.1. The molecule has 2 aliphatic heterocycles. The summed E-state index contributed by atoms with van der Waals surface area (Å²) in [5.74, 6) is 1.72. The van der Waals surface area contributed by atoms with Crippen LogP contribution in [0.4, 0.5) is 5.69 Å². The summed E-state index contributed by atoms with van der Waals surface area (Å²) in [6.07, 6.45) is 7.22. The molecule has 6 heteroatoms. The van der Waals surface area contributed by atoms with Gasteiger partial charge in [0.05, 0.1) is 11.3 Å². The van der Waals surface area contributed by atoms with Crippen molar-refractivity contribution in [1.82, 2.24) is 14.8 Å². The molecule has 168 valence electrons. The van der Waals surface area contributed by atoms with Gasteiger partial charge in [-0.1, -0.05) is 23.7 Å². The van der Waals surface area contributed by atoms with E-state index < -0.39 is 0 Å². The summed E-state index contributed by atoms with van der Waals surface area (Å²) in [5, 5.41) is 5.36. The second-order valence-corrected chi connectivity index (χ2v) is 10.0. The van der Waals surface area contributed by atoms with Crippen molar-refractivity contribution in [3.63, 3.8) is 0 Å². The lowest BCUT2D eigenvalue weighted by Crippen LogP contribution is -2.27. The van der Waals surface area contributed by atoms with E-state index in [4.69, 9.17) is 16.7 Å². The summed E-state index contributed by atoms with van der Waals surface area (Å²) < 4.78 is 1.46. The second kappa shape index (κ2) is 8.07. The van der Waals surface area contributed by atoms with Crippen LogP contribution in [0.2, 0.25) is 5.02 Å². The SMILES string of the molecule is Cc1[nH]cc2c(=O)n(-c3ccc(Cl)cc3)nc-2c1-c1ccc(N(CC2CC2)CC2CC2)cc1. The molecule has 5 nitrogen and oxygen atoms in total. The van der Waals surface area contributed by atoms with Gasteiger partial charge < -0.3 is 9.88 Å². The Hall–Kier alpha value is -3.05. The van der Waals surface area contributed by atoms with E-state index in [9.17, 15) is 4.79 Å². The summed E-state index contributed by atoms with van der Waals surface area (Å²) in [7, 11) is 0. The van der Waals surface area contributed by atoms with E-state index in [1.165, 1.54) is 49.1 Å². The van der Waals surface area contributed by atoms with Crippen LogP contribution >= 0.6 is 11.6 Å². The Bertz CT molecular complexity index is 1300. The predicted molar refractivity (Wildman–Crippen MR) is 134 cm³/mol. The summed E-state index contributed by atoms with van der Waals surface area (Å²) in [6, 6.07) is 16.0. The first-order valence-electron chi connectivity index (χ1n) is 11.8. The molecule has 2 fully saturated rings. The maximum absolute atomic E-state index is 13.1. The van der Waals surface area contributed by atoms with Crippen LogP contribution in [0.3, 0.4) is 0 Å². The average Bonchev–Trinajstić information content (AvgIpc) is 3.75. The Morgan fingerprint density at radius 2 is 1.64 bits per heavy atom. The van der Waals surface area contributed by atoms with E-state index in [1.54, 1.807) is 18.3 Å². The number of aryl methyl sites for hydroxylation is 1. The third-order valence-corrected chi connectivity index (χ3v) is 7.12. The Morgan fingerprint density at radius 3 is 2.24 bits per heavy atom. The number of nitrogens with one attached hydrogen (secondary N) is 1. The third kappa shape index (κ3) is 4.06. The Balaban J connectivity index is 1.37. The van der Waals surface area contributed by atoms with Crippen LogP contribution in [-0.4, -0.2) is 27.9 Å². The van der Waals surface area contributed by atoms with Gasteiger partial charge in [0.25, 0.3) is 5.56 Å². The standard InChI is InChI=1S/C27H27ClN4O/c1-17-25(20-6-10-22(11-7-20)31(15-18-2-3-18)16-19-4-5-19)26-24(14-29-17)27(33)32(30-26)23-12-8-21(28)9-13-23/h6-14,18-19,29H,2-5,15-16H2,1H3. The molecule has 0 unspecified atom stereocenters. The molecule has 2 heterocycles. The van der Waals surface area contributed by atoms with Crippen molar-refractivity contribution < 1.29 is 0 Å². The van der Waals surface area contributed by atoms with E-state index in [-0.39, 0.29) is 5.56 Å². The van der Waals surface area contributed by atoms with Crippen molar-refractivity contribution in [1.29, 1.82) is 0 Å². The third-order valence-electron chi connectivity index (χ3n) is 6.87. The van der Waals surface area contributed by atoms with Gasteiger partial charge in [0, 0.05) is 41.3 Å². The molecule has 0 spiro atoms. The van der Waals surface area contributed by atoms with Crippen molar-refractivity contribution in [2.45, 2.75) is 32.6 Å². The van der Waals surface area contributed by atoms with Crippen LogP contribution in [-0.2, 0) is 0 Å². The van der Waals surface area contributed by atoms with Crippen LogP contribution in [0.5, 0.6) is 0 Å². The zero-order chi connectivity index (χ0) is 22.5. The number of aromatic amines is 1. The zero-order valence-corrected chi connectivity index (χ0v) is 19.5. The van der Waals surface area contributed by atoms with Crippen LogP contribution in [0.1, 0.15) is 31.4 Å². The maximum atomic E-state index is 13.1. The molecule has 2 aliphatic carbocycles.